The second-order valence-corrected chi connectivity index (χ2v) is 6.50. The van der Waals surface area contributed by atoms with Gasteiger partial charge in [0.1, 0.15) is 0 Å². The molecule has 0 saturated heterocycles. The minimum atomic E-state index is -0.0125. The first-order valence-electron chi connectivity index (χ1n) is 8.66. The van der Waals surface area contributed by atoms with Gasteiger partial charge in [0, 0.05) is 0 Å². The summed E-state index contributed by atoms with van der Waals surface area (Å²) in [6.07, 6.45) is 14.3. The van der Waals surface area contributed by atoms with Gasteiger partial charge in [-0.15, -0.1) is 0 Å². The molecule has 1 unspecified atom stereocenters. The van der Waals surface area contributed by atoms with E-state index in [2.05, 4.69) is 39.0 Å². The first-order chi connectivity index (χ1) is 10.5. The average Bonchev–Trinajstić information content (AvgIpc) is 2.47. The van der Waals surface area contributed by atoms with E-state index in [-0.39, 0.29) is 11.9 Å². The highest BCUT2D eigenvalue weighted by atomic mass is 16.5. The van der Waals surface area contributed by atoms with E-state index in [4.69, 9.17) is 4.74 Å². The van der Waals surface area contributed by atoms with Crippen LogP contribution in [-0.2, 0) is 9.53 Å². The maximum absolute atomic E-state index is 11.8. The SMILES string of the molecule is CCOC(=O)C1CCC=C(CC/C=C(\C)CCC=C(C)C)C1. The molecule has 124 valence electrons. The molecule has 0 fully saturated rings. The lowest BCUT2D eigenvalue weighted by atomic mass is 9.87. The molecule has 0 aromatic heterocycles. The average molecular weight is 304 g/mol. The Bertz CT molecular complexity index is 437. The monoisotopic (exact) mass is 304 g/mol. The van der Waals surface area contributed by atoms with E-state index >= 15 is 0 Å². The van der Waals surface area contributed by atoms with Crippen molar-refractivity contribution in [2.45, 2.75) is 72.6 Å². The third kappa shape index (κ3) is 7.63. The van der Waals surface area contributed by atoms with Crippen LogP contribution in [0.5, 0.6) is 0 Å². The predicted octanol–water partition coefficient (Wildman–Crippen LogP) is 5.75. The van der Waals surface area contributed by atoms with Crippen molar-refractivity contribution in [3.63, 3.8) is 0 Å². The van der Waals surface area contributed by atoms with Crippen LogP contribution in [0.3, 0.4) is 0 Å². The van der Waals surface area contributed by atoms with Crippen molar-refractivity contribution in [3.8, 4) is 0 Å². The second kappa shape index (κ2) is 10.4. The highest BCUT2D eigenvalue weighted by molar-refractivity contribution is 5.73. The van der Waals surface area contributed by atoms with Crippen molar-refractivity contribution in [1.29, 1.82) is 0 Å². The minimum absolute atomic E-state index is 0.0125. The van der Waals surface area contributed by atoms with Crippen molar-refractivity contribution in [2.24, 2.45) is 5.92 Å². The van der Waals surface area contributed by atoms with Crippen LogP contribution in [0.15, 0.2) is 34.9 Å². The summed E-state index contributed by atoms with van der Waals surface area (Å²) in [4.78, 5) is 11.8. The molecule has 0 radical (unpaired) electrons. The van der Waals surface area contributed by atoms with E-state index < -0.39 is 0 Å². The third-order valence-corrected chi connectivity index (χ3v) is 4.13. The molecule has 0 N–H and O–H groups in total. The number of esters is 1. The molecule has 0 aromatic carbocycles. The van der Waals surface area contributed by atoms with Crippen LogP contribution in [-0.4, -0.2) is 12.6 Å². The molecule has 0 saturated carbocycles. The fourth-order valence-electron chi connectivity index (χ4n) is 2.85. The first-order valence-corrected chi connectivity index (χ1v) is 8.66. The Morgan fingerprint density at radius 2 is 2.05 bits per heavy atom. The van der Waals surface area contributed by atoms with Gasteiger partial charge in [0.05, 0.1) is 12.5 Å². The van der Waals surface area contributed by atoms with Gasteiger partial charge in [-0.05, 0) is 72.6 Å². The van der Waals surface area contributed by atoms with Gasteiger partial charge in [-0.1, -0.05) is 34.9 Å². The molecule has 0 amide bonds. The van der Waals surface area contributed by atoms with Crippen LogP contribution < -0.4 is 0 Å². The van der Waals surface area contributed by atoms with E-state index in [0.29, 0.717) is 6.61 Å². The molecule has 0 aromatic rings. The van der Waals surface area contributed by atoms with Gasteiger partial charge in [0.2, 0.25) is 0 Å². The van der Waals surface area contributed by atoms with Gasteiger partial charge in [-0.25, -0.2) is 0 Å². The molecule has 0 spiro atoms. The van der Waals surface area contributed by atoms with Crippen molar-refractivity contribution >= 4 is 5.97 Å². The molecule has 0 bridgehead atoms. The maximum atomic E-state index is 11.8. The molecule has 0 aliphatic heterocycles. The zero-order valence-electron chi connectivity index (χ0n) is 14.8. The van der Waals surface area contributed by atoms with Crippen LogP contribution in [0, 0.1) is 5.92 Å². The molecule has 2 nitrogen and oxygen atoms in total. The molecular weight excluding hydrogens is 272 g/mol. The molecule has 1 aliphatic rings. The van der Waals surface area contributed by atoms with Crippen molar-refractivity contribution in [3.05, 3.63) is 34.9 Å². The summed E-state index contributed by atoms with van der Waals surface area (Å²) in [6.45, 7) is 8.88. The number of carbonyl (C=O) groups excluding carboxylic acids is 1. The fourth-order valence-corrected chi connectivity index (χ4v) is 2.85. The molecule has 2 heteroatoms. The number of hydrogen-bond donors (Lipinski definition) is 0. The summed E-state index contributed by atoms with van der Waals surface area (Å²) in [5, 5.41) is 0. The topological polar surface area (TPSA) is 26.3 Å². The van der Waals surface area contributed by atoms with E-state index in [0.717, 1.165) is 44.9 Å². The number of carbonyl (C=O) groups is 1. The van der Waals surface area contributed by atoms with Gasteiger partial charge >= 0.3 is 5.97 Å². The van der Waals surface area contributed by atoms with Crippen LogP contribution in [0.4, 0.5) is 0 Å². The van der Waals surface area contributed by atoms with Crippen LogP contribution in [0.1, 0.15) is 72.6 Å². The van der Waals surface area contributed by atoms with Crippen molar-refractivity contribution in [1.82, 2.24) is 0 Å². The summed E-state index contributed by atoms with van der Waals surface area (Å²) in [5.74, 6) is 0.0734. The summed E-state index contributed by atoms with van der Waals surface area (Å²) in [7, 11) is 0. The standard InChI is InChI=1S/C20H32O2/c1-5-22-20(21)19-14-8-13-18(15-19)12-7-11-17(4)10-6-9-16(2)3/h9,11,13,19H,5-8,10,12,14-15H2,1-4H3/b17-11+. The van der Waals surface area contributed by atoms with Crippen molar-refractivity contribution < 1.29 is 9.53 Å². The molecule has 0 heterocycles. The summed E-state index contributed by atoms with van der Waals surface area (Å²) in [5.41, 5.74) is 4.29. The fraction of sp³-hybridized carbons (Fsp3) is 0.650. The van der Waals surface area contributed by atoms with E-state index in [9.17, 15) is 4.79 Å². The summed E-state index contributed by atoms with van der Waals surface area (Å²) < 4.78 is 5.15. The largest absolute Gasteiger partial charge is 0.466 e. The highest BCUT2D eigenvalue weighted by Gasteiger charge is 2.23. The second-order valence-electron chi connectivity index (χ2n) is 6.50. The maximum Gasteiger partial charge on any atom is 0.309 e. The highest BCUT2D eigenvalue weighted by Crippen LogP contribution is 2.28. The smallest absolute Gasteiger partial charge is 0.309 e. The summed E-state index contributed by atoms with van der Waals surface area (Å²) >= 11 is 0. The normalized spacial score (nSPS) is 18.6. The Hall–Kier alpha value is -1.31. The van der Waals surface area contributed by atoms with Gasteiger partial charge < -0.3 is 4.74 Å². The minimum Gasteiger partial charge on any atom is -0.466 e. The zero-order chi connectivity index (χ0) is 16.4. The van der Waals surface area contributed by atoms with Gasteiger partial charge in [0.15, 0.2) is 0 Å². The van der Waals surface area contributed by atoms with Gasteiger partial charge in [-0.2, -0.15) is 0 Å². The van der Waals surface area contributed by atoms with Crippen LogP contribution >= 0.6 is 0 Å². The van der Waals surface area contributed by atoms with Gasteiger partial charge in [0.25, 0.3) is 0 Å². The lowest BCUT2D eigenvalue weighted by Gasteiger charge is -2.21. The van der Waals surface area contributed by atoms with E-state index in [1.54, 1.807) is 0 Å². The van der Waals surface area contributed by atoms with Gasteiger partial charge in [-0.3, -0.25) is 4.79 Å². The lowest BCUT2D eigenvalue weighted by Crippen LogP contribution is -2.20. The first kappa shape index (κ1) is 18.7. The van der Waals surface area contributed by atoms with Crippen LogP contribution in [0.25, 0.3) is 0 Å². The Labute approximate surface area is 136 Å². The molecule has 1 atom stereocenters. The number of allylic oxidation sites excluding steroid dienone is 6. The molecular formula is C20H32O2. The number of ether oxygens (including phenoxy) is 1. The van der Waals surface area contributed by atoms with Crippen LogP contribution in [0.2, 0.25) is 0 Å². The molecule has 1 aliphatic carbocycles. The van der Waals surface area contributed by atoms with Crippen molar-refractivity contribution in [2.75, 3.05) is 6.61 Å². The Morgan fingerprint density at radius 3 is 2.73 bits per heavy atom. The van der Waals surface area contributed by atoms with E-state index in [1.807, 2.05) is 6.92 Å². The zero-order valence-corrected chi connectivity index (χ0v) is 14.8. The Kier molecular flexibility index (Phi) is 8.88. The number of hydrogen-bond acceptors (Lipinski definition) is 2. The van der Waals surface area contributed by atoms with E-state index in [1.165, 1.54) is 16.7 Å². The summed E-state index contributed by atoms with van der Waals surface area (Å²) in [6, 6.07) is 0. The molecule has 1 rings (SSSR count). The lowest BCUT2D eigenvalue weighted by molar-refractivity contribution is -0.148. The predicted molar refractivity (Wildman–Crippen MR) is 93.7 cm³/mol. The Morgan fingerprint density at radius 1 is 1.27 bits per heavy atom. The quantitative estimate of drug-likeness (QED) is 0.421. The molecule has 22 heavy (non-hydrogen) atoms. The number of rotatable bonds is 8. The Balaban J connectivity index is 2.33. The third-order valence-electron chi connectivity index (χ3n) is 4.13.